The van der Waals surface area contributed by atoms with Crippen LogP contribution in [0, 0.1) is 5.92 Å². The van der Waals surface area contributed by atoms with Crippen LogP contribution in [0.1, 0.15) is 25.7 Å². The number of piperidine rings is 1. The predicted molar refractivity (Wildman–Crippen MR) is 133 cm³/mol. The lowest BCUT2D eigenvalue weighted by Gasteiger charge is -2.35. The van der Waals surface area contributed by atoms with Gasteiger partial charge in [-0.2, -0.15) is 8.78 Å². The smallest absolute Gasteiger partial charge is 0.387 e. The van der Waals surface area contributed by atoms with E-state index in [0.29, 0.717) is 5.92 Å². The molecule has 0 saturated carbocycles. The Hall–Kier alpha value is -1.40. The fourth-order valence-electron chi connectivity index (χ4n) is 3.90. The maximum atomic E-state index is 12.3. The lowest BCUT2D eigenvalue weighted by Crippen LogP contribution is -2.51. The van der Waals surface area contributed by atoms with Gasteiger partial charge in [0.05, 0.1) is 13.2 Å². The van der Waals surface area contributed by atoms with Crippen molar-refractivity contribution in [3.8, 4) is 5.75 Å². The Morgan fingerprint density at radius 1 is 1.28 bits per heavy atom. The van der Waals surface area contributed by atoms with Gasteiger partial charge in [-0.1, -0.05) is 0 Å². The molecule has 0 bridgehead atoms. The minimum Gasteiger partial charge on any atom is -0.435 e. The Balaban J connectivity index is 0.00000363. The van der Waals surface area contributed by atoms with E-state index < -0.39 is 6.61 Å². The zero-order valence-electron chi connectivity index (χ0n) is 18.6. The van der Waals surface area contributed by atoms with Crippen LogP contribution >= 0.6 is 24.0 Å². The summed E-state index contributed by atoms with van der Waals surface area (Å²) in [5.74, 6) is 1.51. The van der Waals surface area contributed by atoms with Gasteiger partial charge in [0.15, 0.2) is 5.96 Å². The molecule has 2 N–H and O–H groups in total. The molecule has 32 heavy (non-hydrogen) atoms. The minimum atomic E-state index is -2.80. The molecule has 182 valence electrons. The summed E-state index contributed by atoms with van der Waals surface area (Å²) in [4.78, 5) is 6.58. The van der Waals surface area contributed by atoms with Crippen molar-refractivity contribution in [1.29, 1.82) is 0 Å². The summed E-state index contributed by atoms with van der Waals surface area (Å²) in [6.45, 7) is 2.92. The van der Waals surface area contributed by atoms with Gasteiger partial charge >= 0.3 is 6.61 Å². The van der Waals surface area contributed by atoms with Crippen LogP contribution in [-0.2, 0) is 9.47 Å². The zero-order chi connectivity index (χ0) is 21.9. The summed E-state index contributed by atoms with van der Waals surface area (Å²) < 4.78 is 40.2. The molecule has 2 heterocycles. The molecule has 2 atom stereocenters. The lowest BCUT2D eigenvalue weighted by atomic mass is 10.0. The largest absolute Gasteiger partial charge is 0.435 e. The van der Waals surface area contributed by atoms with E-state index in [1.807, 2.05) is 12.1 Å². The molecule has 0 radical (unpaired) electrons. The first kappa shape index (κ1) is 26.8. The van der Waals surface area contributed by atoms with Gasteiger partial charge in [0.2, 0.25) is 0 Å². The fourth-order valence-corrected chi connectivity index (χ4v) is 3.90. The Labute approximate surface area is 206 Å². The molecule has 0 amide bonds. The van der Waals surface area contributed by atoms with Crippen molar-refractivity contribution in [3.05, 3.63) is 24.3 Å². The maximum absolute atomic E-state index is 12.3. The van der Waals surface area contributed by atoms with Crippen LogP contribution in [0.15, 0.2) is 29.3 Å². The number of rotatable bonds is 10. The van der Waals surface area contributed by atoms with Crippen molar-refractivity contribution in [2.45, 2.75) is 38.3 Å². The molecule has 2 fully saturated rings. The van der Waals surface area contributed by atoms with E-state index >= 15 is 0 Å². The highest BCUT2D eigenvalue weighted by molar-refractivity contribution is 14.0. The van der Waals surface area contributed by atoms with Gasteiger partial charge in [-0.25, -0.2) is 0 Å². The molecule has 0 spiro atoms. The molecule has 2 saturated heterocycles. The van der Waals surface area contributed by atoms with Gasteiger partial charge in [0.1, 0.15) is 5.75 Å². The lowest BCUT2D eigenvalue weighted by molar-refractivity contribution is -0.0498. The molecule has 10 heteroatoms. The van der Waals surface area contributed by atoms with Gasteiger partial charge in [0.25, 0.3) is 0 Å². The highest BCUT2D eigenvalue weighted by Crippen LogP contribution is 2.23. The van der Waals surface area contributed by atoms with Crippen molar-refractivity contribution >= 4 is 35.6 Å². The number of hydrogen-bond acceptors (Lipinski definition) is 5. The molecule has 2 unspecified atom stereocenters. The summed E-state index contributed by atoms with van der Waals surface area (Å²) in [6, 6.07) is 7.08. The van der Waals surface area contributed by atoms with Crippen LogP contribution in [0.25, 0.3) is 0 Å². The number of ether oxygens (including phenoxy) is 3. The fraction of sp³-hybridized carbons (Fsp3) is 0.682. The monoisotopic (exact) mass is 568 g/mol. The van der Waals surface area contributed by atoms with E-state index in [9.17, 15) is 8.78 Å². The first-order valence-electron chi connectivity index (χ1n) is 11.1. The van der Waals surface area contributed by atoms with Crippen LogP contribution < -0.4 is 20.3 Å². The first-order valence-corrected chi connectivity index (χ1v) is 11.1. The number of nitrogens with zero attached hydrogens (tertiary/aromatic N) is 2. The van der Waals surface area contributed by atoms with Crippen molar-refractivity contribution < 1.29 is 23.0 Å². The highest BCUT2D eigenvalue weighted by atomic mass is 127. The van der Waals surface area contributed by atoms with Crippen LogP contribution in [0.3, 0.4) is 0 Å². The van der Waals surface area contributed by atoms with Crippen molar-refractivity contribution in [2.24, 2.45) is 10.9 Å². The third-order valence-electron chi connectivity index (χ3n) is 5.55. The number of benzene rings is 1. The average molecular weight is 568 g/mol. The number of aliphatic imine (C=N–C) groups is 1. The molecule has 1 aromatic rings. The number of halogens is 3. The normalized spacial score (nSPS) is 21.4. The van der Waals surface area contributed by atoms with E-state index in [1.54, 1.807) is 19.2 Å². The molecule has 2 aliphatic rings. The summed E-state index contributed by atoms with van der Waals surface area (Å²) in [5, 5.41) is 6.85. The number of alkyl halides is 2. The molecular formula is C22H35F2IN4O3. The number of anilines is 1. The Morgan fingerprint density at radius 2 is 2.09 bits per heavy atom. The molecular weight excluding hydrogens is 533 g/mol. The van der Waals surface area contributed by atoms with E-state index in [0.717, 1.165) is 83.4 Å². The van der Waals surface area contributed by atoms with Crippen LogP contribution in [0.2, 0.25) is 0 Å². The second-order valence-electron chi connectivity index (χ2n) is 7.96. The van der Waals surface area contributed by atoms with Gasteiger partial charge in [-0.05, 0) is 49.9 Å². The third-order valence-corrected chi connectivity index (χ3v) is 5.55. The average Bonchev–Trinajstić information content (AvgIpc) is 3.29. The van der Waals surface area contributed by atoms with Gasteiger partial charge in [-0.15, -0.1) is 24.0 Å². The quantitative estimate of drug-likeness (QED) is 0.195. The van der Waals surface area contributed by atoms with Crippen molar-refractivity contribution in [3.63, 3.8) is 0 Å². The van der Waals surface area contributed by atoms with E-state index in [4.69, 9.17) is 9.47 Å². The Bertz CT molecular complexity index is 676. The third kappa shape index (κ3) is 9.22. The zero-order valence-corrected chi connectivity index (χ0v) is 20.9. The van der Waals surface area contributed by atoms with E-state index in [2.05, 4.69) is 25.3 Å². The van der Waals surface area contributed by atoms with E-state index in [-0.39, 0.29) is 35.8 Å². The Kier molecular flexibility index (Phi) is 12.3. The molecule has 0 aliphatic carbocycles. The standard InChI is InChI=1S/C22H34F2N4O3.HI/c1-25-22(26-10-3-12-29-15-17-9-13-30-16-17)27-18-4-2-11-28(14-18)19-5-7-20(8-6-19)31-21(23)24;/h5-8,17-18,21H,2-4,9-16H2,1H3,(H2,25,26,27);1H. The first-order chi connectivity index (χ1) is 15.1. The van der Waals surface area contributed by atoms with Gasteiger partial charge in [0, 0.05) is 57.5 Å². The van der Waals surface area contributed by atoms with Gasteiger partial charge < -0.3 is 29.7 Å². The summed E-state index contributed by atoms with van der Waals surface area (Å²) >= 11 is 0. The highest BCUT2D eigenvalue weighted by Gasteiger charge is 2.21. The maximum Gasteiger partial charge on any atom is 0.387 e. The number of guanidine groups is 1. The summed E-state index contributed by atoms with van der Waals surface area (Å²) in [6.07, 6.45) is 4.11. The molecule has 0 aromatic heterocycles. The predicted octanol–water partition coefficient (Wildman–Crippen LogP) is 3.48. The van der Waals surface area contributed by atoms with E-state index in [1.165, 1.54) is 0 Å². The van der Waals surface area contributed by atoms with Gasteiger partial charge in [-0.3, -0.25) is 4.99 Å². The van der Waals surface area contributed by atoms with Crippen LogP contribution in [-0.4, -0.2) is 71.7 Å². The Morgan fingerprint density at radius 3 is 2.78 bits per heavy atom. The van der Waals surface area contributed by atoms with Crippen LogP contribution in [0.4, 0.5) is 14.5 Å². The minimum absolute atomic E-state index is 0. The number of nitrogens with one attached hydrogen (secondary N) is 2. The van der Waals surface area contributed by atoms with Crippen molar-refractivity contribution in [2.75, 3.05) is 58.0 Å². The topological polar surface area (TPSA) is 67.4 Å². The molecule has 1 aromatic carbocycles. The van der Waals surface area contributed by atoms with Crippen LogP contribution in [0.5, 0.6) is 5.75 Å². The SMILES string of the molecule is CN=C(NCCCOCC1CCOC1)NC1CCCN(c2ccc(OC(F)F)cc2)C1.I. The number of hydrogen-bond donors (Lipinski definition) is 2. The summed E-state index contributed by atoms with van der Waals surface area (Å²) in [7, 11) is 1.77. The summed E-state index contributed by atoms with van der Waals surface area (Å²) in [5.41, 5.74) is 1.00. The molecule has 2 aliphatic heterocycles. The second-order valence-corrected chi connectivity index (χ2v) is 7.96. The second kappa shape index (κ2) is 14.7. The molecule has 3 rings (SSSR count). The van der Waals surface area contributed by atoms with Crippen molar-refractivity contribution in [1.82, 2.24) is 10.6 Å². The molecule has 7 nitrogen and oxygen atoms in total.